The van der Waals surface area contributed by atoms with E-state index in [9.17, 15) is 0 Å². The highest BCUT2D eigenvalue weighted by atomic mass is 16.5. The summed E-state index contributed by atoms with van der Waals surface area (Å²) in [4.78, 5) is 2.35. The molecule has 2 N–H and O–H groups in total. The van der Waals surface area contributed by atoms with Gasteiger partial charge in [0.2, 0.25) is 0 Å². The lowest BCUT2D eigenvalue weighted by Crippen LogP contribution is -2.35. The highest BCUT2D eigenvalue weighted by molar-refractivity contribution is 5.28. The van der Waals surface area contributed by atoms with E-state index in [1.54, 1.807) is 0 Å². The monoisotopic (exact) mass is 234 g/mol. The van der Waals surface area contributed by atoms with Crippen LogP contribution in [-0.2, 0) is 6.42 Å². The van der Waals surface area contributed by atoms with Crippen molar-refractivity contribution in [3.63, 3.8) is 0 Å². The summed E-state index contributed by atoms with van der Waals surface area (Å²) in [5.74, 6) is 0.991. The van der Waals surface area contributed by atoms with E-state index >= 15 is 0 Å². The molecule has 0 radical (unpaired) electrons. The molecule has 17 heavy (non-hydrogen) atoms. The first-order chi connectivity index (χ1) is 8.28. The summed E-state index contributed by atoms with van der Waals surface area (Å²) in [6, 6.07) is 8.31. The smallest absolute Gasteiger partial charge is 0.119 e. The first-order valence-corrected chi connectivity index (χ1v) is 6.42. The number of rotatable bonds is 4. The fourth-order valence-electron chi connectivity index (χ4n) is 2.24. The maximum atomic E-state index is 6.02. The molecule has 0 aliphatic carbocycles. The van der Waals surface area contributed by atoms with Crippen LogP contribution in [0, 0.1) is 0 Å². The van der Waals surface area contributed by atoms with Gasteiger partial charge in [0.25, 0.3) is 0 Å². The van der Waals surface area contributed by atoms with Crippen molar-refractivity contribution >= 4 is 0 Å². The van der Waals surface area contributed by atoms with Crippen LogP contribution in [0.4, 0.5) is 0 Å². The molecule has 1 aliphatic heterocycles. The molecule has 1 aliphatic rings. The summed E-state index contributed by atoms with van der Waals surface area (Å²) in [6.45, 7) is 2.96. The fraction of sp³-hybridized carbons (Fsp3) is 0.571. The molecule has 1 fully saturated rings. The second kappa shape index (κ2) is 6.03. The van der Waals surface area contributed by atoms with Crippen LogP contribution < -0.4 is 10.5 Å². The van der Waals surface area contributed by atoms with Crippen molar-refractivity contribution in [3.05, 3.63) is 29.8 Å². The Morgan fingerprint density at radius 3 is 2.82 bits per heavy atom. The van der Waals surface area contributed by atoms with Crippen molar-refractivity contribution in [1.29, 1.82) is 0 Å². The molecule has 0 unspecified atom stereocenters. The number of piperidine rings is 1. The predicted octanol–water partition coefficient (Wildman–Crippen LogP) is 1.66. The Kier molecular flexibility index (Phi) is 4.40. The van der Waals surface area contributed by atoms with E-state index in [4.69, 9.17) is 10.5 Å². The van der Waals surface area contributed by atoms with Crippen molar-refractivity contribution in [2.45, 2.75) is 25.4 Å². The molecule has 0 saturated carbocycles. The molecule has 2 rings (SSSR count). The van der Waals surface area contributed by atoms with Crippen molar-refractivity contribution in [3.8, 4) is 5.75 Å². The van der Waals surface area contributed by atoms with Crippen LogP contribution in [0.25, 0.3) is 0 Å². The number of hydrogen-bond acceptors (Lipinski definition) is 3. The van der Waals surface area contributed by atoms with E-state index in [2.05, 4.69) is 30.1 Å². The van der Waals surface area contributed by atoms with Gasteiger partial charge in [-0.05, 0) is 50.6 Å². The second-order valence-corrected chi connectivity index (χ2v) is 4.81. The molecule has 1 saturated heterocycles. The molecule has 1 aromatic rings. The van der Waals surface area contributed by atoms with Gasteiger partial charge in [0.1, 0.15) is 11.9 Å². The van der Waals surface area contributed by atoms with Gasteiger partial charge in [-0.3, -0.25) is 0 Å². The van der Waals surface area contributed by atoms with Gasteiger partial charge in [0, 0.05) is 13.1 Å². The highest BCUT2D eigenvalue weighted by Gasteiger charge is 2.17. The van der Waals surface area contributed by atoms with Crippen LogP contribution >= 0.6 is 0 Å². The van der Waals surface area contributed by atoms with E-state index < -0.39 is 0 Å². The third-order valence-corrected chi connectivity index (χ3v) is 3.30. The Labute approximate surface area is 104 Å². The predicted molar refractivity (Wildman–Crippen MR) is 70.3 cm³/mol. The van der Waals surface area contributed by atoms with E-state index in [-0.39, 0.29) is 0 Å². The van der Waals surface area contributed by atoms with Crippen molar-refractivity contribution in [2.24, 2.45) is 5.73 Å². The quantitative estimate of drug-likeness (QED) is 0.861. The lowest BCUT2D eigenvalue weighted by atomic mass is 10.1. The van der Waals surface area contributed by atoms with Gasteiger partial charge in [-0.1, -0.05) is 12.1 Å². The van der Waals surface area contributed by atoms with Crippen LogP contribution in [0.5, 0.6) is 5.75 Å². The SMILES string of the molecule is CN1CCC(Oc2cccc(CCN)c2)CC1. The van der Waals surface area contributed by atoms with Crippen LogP contribution in [0.15, 0.2) is 24.3 Å². The van der Waals surface area contributed by atoms with E-state index in [0.29, 0.717) is 12.6 Å². The topological polar surface area (TPSA) is 38.5 Å². The summed E-state index contributed by atoms with van der Waals surface area (Å²) < 4.78 is 6.02. The zero-order chi connectivity index (χ0) is 12.1. The number of hydrogen-bond donors (Lipinski definition) is 1. The first-order valence-electron chi connectivity index (χ1n) is 6.42. The minimum atomic E-state index is 0.374. The van der Waals surface area contributed by atoms with Crippen LogP contribution in [0.1, 0.15) is 18.4 Å². The van der Waals surface area contributed by atoms with E-state index in [1.807, 2.05) is 6.07 Å². The van der Waals surface area contributed by atoms with Crippen molar-refractivity contribution in [1.82, 2.24) is 4.90 Å². The van der Waals surface area contributed by atoms with Crippen LogP contribution in [0.3, 0.4) is 0 Å². The maximum absolute atomic E-state index is 6.02. The molecule has 0 bridgehead atoms. The van der Waals surface area contributed by atoms with Gasteiger partial charge in [-0.2, -0.15) is 0 Å². The van der Waals surface area contributed by atoms with Crippen molar-refractivity contribution < 1.29 is 4.74 Å². The Morgan fingerprint density at radius 1 is 1.35 bits per heavy atom. The third-order valence-electron chi connectivity index (χ3n) is 3.30. The summed E-state index contributed by atoms with van der Waals surface area (Å²) in [5.41, 5.74) is 6.83. The lowest BCUT2D eigenvalue weighted by molar-refractivity contribution is 0.114. The molecule has 0 spiro atoms. The minimum absolute atomic E-state index is 0.374. The lowest BCUT2D eigenvalue weighted by Gasteiger charge is -2.29. The number of benzene rings is 1. The van der Waals surface area contributed by atoms with E-state index in [0.717, 1.165) is 38.1 Å². The highest BCUT2D eigenvalue weighted by Crippen LogP contribution is 2.19. The molecule has 1 aromatic carbocycles. The molecule has 0 aromatic heterocycles. The Bertz CT molecular complexity index is 346. The Balaban J connectivity index is 1.91. The average molecular weight is 234 g/mol. The van der Waals surface area contributed by atoms with Gasteiger partial charge >= 0.3 is 0 Å². The zero-order valence-corrected chi connectivity index (χ0v) is 10.6. The molecule has 0 atom stereocenters. The normalized spacial score (nSPS) is 18.2. The van der Waals surface area contributed by atoms with Crippen LogP contribution in [0.2, 0.25) is 0 Å². The van der Waals surface area contributed by atoms with Gasteiger partial charge in [0.05, 0.1) is 0 Å². The molecule has 94 valence electrons. The molecule has 0 amide bonds. The Hall–Kier alpha value is -1.06. The summed E-state index contributed by atoms with van der Waals surface area (Å²) in [7, 11) is 2.16. The first kappa shape index (κ1) is 12.4. The summed E-state index contributed by atoms with van der Waals surface area (Å²) >= 11 is 0. The van der Waals surface area contributed by atoms with Gasteiger partial charge < -0.3 is 15.4 Å². The number of nitrogens with zero attached hydrogens (tertiary/aromatic N) is 1. The van der Waals surface area contributed by atoms with Gasteiger partial charge in [0.15, 0.2) is 0 Å². The second-order valence-electron chi connectivity index (χ2n) is 4.81. The summed E-state index contributed by atoms with van der Waals surface area (Å²) in [5, 5.41) is 0. The summed E-state index contributed by atoms with van der Waals surface area (Å²) in [6.07, 6.45) is 3.54. The zero-order valence-electron chi connectivity index (χ0n) is 10.6. The standard InChI is InChI=1S/C14H22N2O/c1-16-9-6-13(7-10-16)17-14-4-2-3-12(11-14)5-8-15/h2-4,11,13H,5-10,15H2,1H3. The fourth-order valence-corrected chi connectivity index (χ4v) is 2.24. The largest absolute Gasteiger partial charge is 0.490 e. The van der Waals surface area contributed by atoms with Gasteiger partial charge in [-0.25, -0.2) is 0 Å². The Morgan fingerprint density at radius 2 is 2.12 bits per heavy atom. The maximum Gasteiger partial charge on any atom is 0.119 e. The molecule has 3 heteroatoms. The van der Waals surface area contributed by atoms with Crippen LogP contribution in [-0.4, -0.2) is 37.7 Å². The molecular formula is C14H22N2O. The number of nitrogens with two attached hydrogens (primary N) is 1. The molecular weight excluding hydrogens is 212 g/mol. The van der Waals surface area contributed by atoms with E-state index in [1.165, 1.54) is 5.56 Å². The number of ether oxygens (including phenoxy) is 1. The molecule has 3 nitrogen and oxygen atoms in total. The average Bonchev–Trinajstić information content (AvgIpc) is 2.33. The van der Waals surface area contributed by atoms with Gasteiger partial charge in [-0.15, -0.1) is 0 Å². The molecule has 1 heterocycles. The number of likely N-dealkylation sites (tertiary alicyclic amines) is 1. The minimum Gasteiger partial charge on any atom is -0.490 e. The van der Waals surface area contributed by atoms with Crippen molar-refractivity contribution in [2.75, 3.05) is 26.7 Å². The third kappa shape index (κ3) is 3.72.